The van der Waals surface area contributed by atoms with E-state index in [9.17, 15) is 21.9 Å². The minimum absolute atomic E-state index is 0.00626. The van der Waals surface area contributed by atoms with Crippen LogP contribution in [-0.4, -0.2) is 29.1 Å². The predicted octanol–water partition coefficient (Wildman–Crippen LogP) is 4.47. The molecule has 32 heavy (non-hydrogen) atoms. The van der Waals surface area contributed by atoms with Crippen LogP contribution in [0.25, 0.3) is 0 Å². The van der Waals surface area contributed by atoms with Crippen LogP contribution in [0.5, 0.6) is 11.5 Å². The molecule has 0 spiro atoms. The molecule has 0 bridgehead atoms. The Morgan fingerprint density at radius 1 is 0.906 bits per heavy atom. The van der Waals surface area contributed by atoms with Crippen LogP contribution in [0, 0.1) is 6.92 Å². The fourth-order valence-corrected chi connectivity index (χ4v) is 6.27. The van der Waals surface area contributed by atoms with Crippen molar-refractivity contribution in [1.82, 2.24) is 0 Å². The quantitative estimate of drug-likeness (QED) is 0.488. The Morgan fingerprint density at radius 2 is 1.50 bits per heavy atom. The van der Waals surface area contributed by atoms with Crippen molar-refractivity contribution in [3.63, 3.8) is 0 Å². The lowest BCUT2D eigenvalue weighted by atomic mass is 9.99. The Kier molecular flexibility index (Phi) is 6.52. The number of hydrogen-bond acceptors (Lipinski definition) is 6. The van der Waals surface area contributed by atoms with Gasteiger partial charge in [0.05, 0.1) is 22.6 Å². The number of aryl methyl sites for hydroxylation is 1. The molecule has 0 radical (unpaired) electrons. The molecule has 0 aliphatic rings. The number of sulfone groups is 1. The largest absolute Gasteiger partial charge is 0.506 e. The Bertz CT molecular complexity index is 1330. The van der Waals surface area contributed by atoms with Crippen molar-refractivity contribution in [1.29, 1.82) is 0 Å². The summed E-state index contributed by atoms with van der Waals surface area (Å²) in [6.45, 7) is 4.99. The molecule has 170 valence electrons. The summed E-state index contributed by atoms with van der Waals surface area (Å²) in [4.78, 5) is -0.302. The minimum Gasteiger partial charge on any atom is -0.506 e. The van der Waals surface area contributed by atoms with Gasteiger partial charge in [-0.05, 0) is 60.9 Å². The van der Waals surface area contributed by atoms with Gasteiger partial charge in [-0.3, -0.25) is 4.72 Å². The first-order valence-electron chi connectivity index (χ1n) is 9.82. The Morgan fingerprint density at radius 3 is 2.03 bits per heavy atom. The second-order valence-electron chi connectivity index (χ2n) is 7.58. The first-order valence-corrected chi connectivity index (χ1v) is 12.8. The molecule has 0 saturated carbocycles. The predicted molar refractivity (Wildman–Crippen MR) is 123 cm³/mol. The average molecular weight is 476 g/mol. The molecule has 0 aliphatic carbocycles. The molecule has 0 unspecified atom stereocenters. The monoisotopic (exact) mass is 475 g/mol. The maximum atomic E-state index is 13.4. The van der Waals surface area contributed by atoms with Crippen molar-refractivity contribution in [3.8, 4) is 11.5 Å². The zero-order chi connectivity index (χ0) is 23.7. The van der Waals surface area contributed by atoms with Gasteiger partial charge in [-0.1, -0.05) is 32.0 Å². The standard InChI is InChI=1S/C23H25NO6S2/c1-15(2)21-20(24-32(28,29)19-12-10-17(30-4)11-13-19)14-16(3)22(25)23(21)31(26,27)18-8-6-5-7-9-18/h5-15,24-25H,1-4H3. The molecule has 0 aromatic heterocycles. The summed E-state index contributed by atoms with van der Waals surface area (Å²) in [5.41, 5.74) is 0.519. The molecule has 0 atom stereocenters. The molecule has 0 aliphatic heterocycles. The Balaban J connectivity index is 2.21. The third kappa shape index (κ3) is 4.44. The lowest BCUT2D eigenvalue weighted by Crippen LogP contribution is -2.17. The van der Waals surface area contributed by atoms with E-state index in [2.05, 4.69) is 4.72 Å². The van der Waals surface area contributed by atoms with E-state index >= 15 is 0 Å². The number of hydrogen-bond donors (Lipinski definition) is 2. The van der Waals surface area contributed by atoms with Gasteiger partial charge in [-0.2, -0.15) is 0 Å². The second kappa shape index (κ2) is 8.84. The van der Waals surface area contributed by atoms with Gasteiger partial charge < -0.3 is 9.84 Å². The van der Waals surface area contributed by atoms with Gasteiger partial charge in [0, 0.05) is 5.56 Å². The fourth-order valence-electron chi connectivity index (χ4n) is 3.40. The zero-order valence-corrected chi connectivity index (χ0v) is 19.8. The summed E-state index contributed by atoms with van der Waals surface area (Å²) in [6.07, 6.45) is 0. The van der Waals surface area contributed by atoms with Crippen LogP contribution in [0.15, 0.2) is 75.4 Å². The van der Waals surface area contributed by atoms with Crippen LogP contribution in [0.2, 0.25) is 0 Å². The van der Waals surface area contributed by atoms with Crippen LogP contribution in [0.4, 0.5) is 5.69 Å². The van der Waals surface area contributed by atoms with Crippen LogP contribution >= 0.6 is 0 Å². The number of phenolic OH excluding ortho intramolecular Hbond substituents is 1. The summed E-state index contributed by atoms with van der Waals surface area (Å²) in [5, 5.41) is 10.8. The van der Waals surface area contributed by atoms with Gasteiger partial charge in [0.2, 0.25) is 9.84 Å². The highest BCUT2D eigenvalue weighted by Crippen LogP contribution is 2.42. The maximum absolute atomic E-state index is 13.4. The van der Waals surface area contributed by atoms with Gasteiger partial charge in [0.1, 0.15) is 16.4 Å². The van der Waals surface area contributed by atoms with E-state index in [-0.39, 0.29) is 31.5 Å². The number of aromatic hydroxyl groups is 1. The third-order valence-corrected chi connectivity index (χ3v) is 8.22. The molecule has 3 aromatic carbocycles. The van der Waals surface area contributed by atoms with Crippen molar-refractivity contribution < 1.29 is 26.7 Å². The molecule has 9 heteroatoms. The molecule has 7 nitrogen and oxygen atoms in total. The minimum atomic E-state index is -4.12. The van der Waals surface area contributed by atoms with E-state index in [0.717, 1.165) is 0 Å². The molecule has 2 N–H and O–H groups in total. The van der Waals surface area contributed by atoms with Crippen LogP contribution in [-0.2, 0) is 19.9 Å². The number of nitrogens with one attached hydrogen (secondary N) is 1. The van der Waals surface area contributed by atoms with Gasteiger partial charge >= 0.3 is 0 Å². The zero-order valence-electron chi connectivity index (χ0n) is 18.2. The van der Waals surface area contributed by atoms with E-state index in [0.29, 0.717) is 5.75 Å². The summed E-state index contributed by atoms with van der Waals surface area (Å²) in [7, 11) is -6.68. The van der Waals surface area contributed by atoms with E-state index in [1.807, 2.05) is 0 Å². The second-order valence-corrected chi connectivity index (χ2v) is 11.2. The molecule has 3 aromatic rings. The highest BCUT2D eigenvalue weighted by Gasteiger charge is 2.31. The fraction of sp³-hybridized carbons (Fsp3) is 0.217. The first-order chi connectivity index (χ1) is 15.0. The number of anilines is 1. The van der Waals surface area contributed by atoms with E-state index in [1.165, 1.54) is 56.5 Å². The summed E-state index contributed by atoms with van der Waals surface area (Å²) >= 11 is 0. The van der Waals surface area contributed by atoms with Crippen molar-refractivity contribution in [2.45, 2.75) is 41.4 Å². The first kappa shape index (κ1) is 23.6. The molecule has 0 amide bonds. The number of phenols is 1. The van der Waals surface area contributed by atoms with Crippen molar-refractivity contribution in [3.05, 3.63) is 71.8 Å². The molecular weight excluding hydrogens is 450 g/mol. The van der Waals surface area contributed by atoms with Gasteiger partial charge in [-0.15, -0.1) is 0 Å². The molecule has 0 saturated heterocycles. The Hall–Kier alpha value is -3.04. The lowest BCUT2D eigenvalue weighted by Gasteiger charge is -2.22. The van der Waals surface area contributed by atoms with Crippen molar-refractivity contribution >= 4 is 25.5 Å². The number of methoxy groups -OCH3 is 1. The topological polar surface area (TPSA) is 110 Å². The highest BCUT2D eigenvalue weighted by atomic mass is 32.2. The molecular formula is C23H25NO6S2. The average Bonchev–Trinajstić information content (AvgIpc) is 2.76. The smallest absolute Gasteiger partial charge is 0.261 e. The third-order valence-electron chi connectivity index (χ3n) is 5.00. The molecule has 0 heterocycles. The number of sulfonamides is 1. The molecule has 3 rings (SSSR count). The van der Waals surface area contributed by atoms with Crippen LogP contribution in [0.1, 0.15) is 30.9 Å². The van der Waals surface area contributed by atoms with Crippen LogP contribution < -0.4 is 9.46 Å². The number of ether oxygens (including phenoxy) is 1. The molecule has 0 fully saturated rings. The van der Waals surface area contributed by atoms with Gasteiger partial charge in [0.25, 0.3) is 10.0 Å². The number of benzene rings is 3. The normalized spacial score (nSPS) is 12.0. The van der Waals surface area contributed by atoms with Gasteiger partial charge in [0.15, 0.2) is 0 Å². The highest BCUT2D eigenvalue weighted by molar-refractivity contribution is 7.93. The van der Waals surface area contributed by atoms with E-state index < -0.39 is 31.5 Å². The van der Waals surface area contributed by atoms with E-state index in [1.54, 1.807) is 32.0 Å². The lowest BCUT2D eigenvalue weighted by molar-refractivity contribution is 0.414. The maximum Gasteiger partial charge on any atom is 0.261 e. The summed E-state index contributed by atoms with van der Waals surface area (Å²) < 4.78 is 60.5. The Labute approximate surface area is 188 Å². The van der Waals surface area contributed by atoms with Crippen molar-refractivity contribution in [2.24, 2.45) is 0 Å². The SMILES string of the molecule is COc1ccc(S(=O)(=O)Nc2cc(C)c(O)c(S(=O)(=O)c3ccccc3)c2C(C)C)cc1. The van der Waals surface area contributed by atoms with Gasteiger partial charge in [-0.25, -0.2) is 16.8 Å². The number of rotatable bonds is 7. The summed E-state index contributed by atoms with van der Waals surface area (Å²) in [6, 6.07) is 15.0. The van der Waals surface area contributed by atoms with Crippen LogP contribution in [0.3, 0.4) is 0 Å². The summed E-state index contributed by atoms with van der Waals surface area (Å²) in [5.74, 6) is -0.308. The van der Waals surface area contributed by atoms with E-state index in [4.69, 9.17) is 4.74 Å². The van der Waals surface area contributed by atoms with Crippen molar-refractivity contribution in [2.75, 3.05) is 11.8 Å².